The summed E-state index contributed by atoms with van der Waals surface area (Å²) in [7, 11) is 2.05. The molecule has 0 aliphatic carbocycles. The normalized spacial score (nSPS) is 22.3. The van der Waals surface area contributed by atoms with Gasteiger partial charge in [-0.15, -0.1) is 0 Å². The van der Waals surface area contributed by atoms with E-state index in [-0.39, 0.29) is 0 Å². The molecule has 2 nitrogen and oxygen atoms in total. The molecule has 1 heterocycles. The molecule has 2 atom stereocenters. The Kier molecular flexibility index (Phi) is 5.02. The van der Waals surface area contributed by atoms with E-state index in [9.17, 15) is 0 Å². The molecule has 2 rings (SSSR count). The lowest BCUT2D eigenvalue weighted by molar-refractivity contribution is 0.00569. The van der Waals surface area contributed by atoms with Crippen molar-refractivity contribution in [2.45, 2.75) is 44.2 Å². The van der Waals surface area contributed by atoms with E-state index in [1.807, 2.05) is 0 Å². The van der Waals surface area contributed by atoms with Gasteiger partial charge in [-0.1, -0.05) is 30.3 Å². The molecule has 0 saturated carbocycles. The van der Waals surface area contributed by atoms with Crippen LogP contribution in [0.3, 0.4) is 0 Å². The smallest absolute Gasteiger partial charge is 0.0590 e. The predicted octanol–water partition coefficient (Wildman–Crippen LogP) is 2.78. The first-order valence-corrected chi connectivity index (χ1v) is 6.71. The Labute approximate surface area is 104 Å². The zero-order valence-corrected chi connectivity index (χ0v) is 10.7. The van der Waals surface area contributed by atoms with Gasteiger partial charge in [-0.25, -0.2) is 0 Å². The van der Waals surface area contributed by atoms with Gasteiger partial charge in [0.2, 0.25) is 0 Å². The second-order valence-corrected chi connectivity index (χ2v) is 4.90. The third-order valence-corrected chi connectivity index (χ3v) is 3.55. The molecule has 0 amide bonds. The highest BCUT2D eigenvalue weighted by Gasteiger charge is 2.18. The second-order valence-electron chi connectivity index (χ2n) is 4.90. The number of hydrogen-bond acceptors (Lipinski definition) is 2. The van der Waals surface area contributed by atoms with Crippen LogP contribution in [-0.2, 0) is 11.2 Å². The fourth-order valence-corrected chi connectivity index (χ4v) is 2.51. The molecule has 0 aromatic heterocycles. The zero-order chi connectivity index (χ0) is 11.9. The molecular weight excluding hydrogens is 210 g/mol. The summed E-state index contributed by atoms with van der Waals surface area (Å²) in [5, 5.41) is 3.42. The van der Waals surface area contributed by atoms with Gasteiger partial charge < -0.3 is 10.1 Å². The maximum absolute atomic E-state index is 5.81. The highest BCUT2D eigenvalue weighted by Crippen LogP contribution is 2.18. The minimum Gasteiger partial charge on any atom is -0.378 e. The van der Waals surface area contributed by atoms with Crippen molar-refractivity contribution in [2.75, 3.05) is 13.7 Å². The summed E-state index contributed by atoms with van der Waals surface area (Å²) in [4.78, 5) is 0. The standard InChI is InChI=1S/C15H23NO/c1-16-14(11-13-7-3-2-4-8-13)12-15-9-5-6-10-17-15/h2-4,7-8,14-16H,5-6,9-12H2,1H3. The Morgan fingerprint density at radius 2 is 2.12 bits per heavy atom. The molecule has 1 saturated heterocycles. The molecule has 17 heavy (non-hydrogen) atoms. The molecule has 1 fully saturated rings. The lowest BCUT2D eigenvalue weighted by Gasteiger charge is -2.27. The van der Waals surface area contributed by atoms with Crippen LogP contribution in [0.15, 0.2) is 30.3 Å². The third kappa shape index (κ3) is 4.14. The van der Waals surface area contributed by atoms with Gasteiger partial charge in [0.1, 0.15) is 0 Å². The first kappa shape index (κ1) is 12.6. The number of nitrogens with one attached hydrogen (secondary N) is 1. The van der Waals surface area contributed by atoms with Crippen LogP contribution < -0.4 is 5.32 Å². The first-order valence-electron chi connectivity index (χ1n) is 6.71. The van der Waals surface area contributed by atoms with Crippen molar-refractivity contribution in [1.82, 2.24) is 5.32 Å². The van der Waals surface area contributed by atoms with E-state index in [0.717, 1.165) is 19.4 Å². The Hall–Kier alpha value is -0.860. The lowest BCUT2D eigenvalue weighted by Crippen LogP contribution is -2.34. The molecular formula is C15H23NO. The van der Waals surface area contributed by atoms with Gasteiger partial charge >= 0.3 is 0 Å². The van der Waals surface area contributed by atoms with Gasteiger partial charge in [-0.3, -0.25) is 0 Å². The zero-order valence-electron chi connectivity index (χ0n) is 10.7. The SMILES string of the molecule is CNC(Cc1ccccc1)CC1CCCCO1. The third-order valence-electron chi connectivity index (χ3n) is 3.55. The van der Waals surface area contributed by atoms with Crippen LogP contribution in [0.25, 0.3) is 0 Å². The maximum atomic E-state index is 5.81. The predicted molar refractivity (Wildman–Crippen MR) is 71.2 cm³/mol. The highest BCUT2D eigenvalue weighted by atomic mass is 16.5. The van der Waals surface area contributed by atoms with E-state index in [1.165, 1.54) is 24.8 Å². The average Bonchev–Trinajstić information content (AvgIpc) is 2.40. The molecule has 0 spiro atoms. The first-order chi connectivity index (χ1) is 8.38. The van der Waals surface area contributed by atoms with E-state index < -0.39 is 0 Å². The minimum atomic E-state index is 0.463. The Morgan fingerprint density at radius 3 is 2.76 bits per heavy atom. The van der Waals surface area contributed by atoms with Crippen LogP contribution in [0.4, 0.5) is 0 Å². The molecule has 1 aromatic carbocycles. The molecule has 94 valence electrons. The van der Waals surface area contributed by atoms with Gasteiger partial charge in [0.15, 0.2) is 0 Å². The summed E-state index contributed by atoms with van der Waals surface area (Å²) in [5.41, 5.74) is 1.41. The molecule has 2 unspecified atom stereocenters. The quantitative estimate of drug-likeness (QED) is 0.844. The summed E-state index contributed by atoms with van der Waals surface area (Å²) >= 11 is 0. The largest absolute Gasteiger partial charge is 0.378 e. The van der Waals surface area contributed by atoms with Crippen molar-refractivity contribution >= 4 is 0 Å². The maximum Gasteiger partial charge on any atom is 0.0590 e. The topological polar surface area (TPSA) is 21.3 Å². The van der Waals surface area contributed by atoms with Crippen LogP contribution in [0, 0.1) is 0 Å². The van der Waals surface area contributed by atoms with E-state index in [0.29, 0.717) is 12.1 Å². The van der Waals surface area contributed by atoms with E-state index >= 15 is 0 Å². The fraction of sp³-hybridized carbons (Fsp3) is 0.600. The number of hydrogen-bond donors (Lipinski definition) is 1. The average molecular weight is 233 g/mol. The molecule has 0 radical (unpaired) electrons. The van der Waals surface area contributed by atoms with Crippen LogP contribution in [0.1, 0.15) is 31.2 Å². The van der Waals surface area contributed by atoms with Crippen LogP contribution in [0.2, 0.25) is 0 Å². The fourth-order valence-electron chi connectivity index (χ4n) is 2.51. The van der Waals surface area contributed by atoms with E-state index in [4.69, 9.17) is 4.74 Å². The van der Waals surface area contributed by atoms with Crippen molar-refractivity contribution < 1.29 is 4.74 Å². The number of likely N-dealkylation sites (N-methyl/N-ethyl adjacent to an activating group) is 1. The van der Waals surface area contributed by atoms with Gasteiger partial charge in [-0.2, -0.15) is 0 Å². The van der Waals surface area contributed by atoms with Crippen molar-refractivity contribution in [2.24, 2.45) is 0 Å². The minimum absolute atomic E-state index is 0.463. The number of rotatable bonds is 5. The number of ether oxygens (including phenoxy) is 1. The molecule has 1 aliphatic heterocycles. The van der Waals surface area contributed by atoms with Gasteiger partial charge in [0.05, 0.1) is 6.10 Å². The summed E-state index contributed by atoms with van der Waals surface area (Å²) in [6, 6.07) is 11.2. The Bertz CT molecular complexity index is 306. The van der Waals surface area contributed by atoms with Crippen LogP contribution in [0.5, 0.6) is 0 Å². The summed E-state index contributed by atoms with van der Waals surface area (Å²) in [6.07, 6.45) is 6.48. The van der Waals surface area contributed by atoms with Gasteiger partial charge in [0.25, 0.3) is 0 Å². The van der Waals surface area contributed by atoms with Crippen molar-refractivity contribution in [1.29, 1.82) is 0 Å². The molecule has 1 N–H and O–H groups in total. The summed E-state index contributed by atoms with van der Waals surface area (Å²) in [6.45, 7) is 0.951. The monoisotopic (exact) mass is 233 g/mol. The summed E-state index contributed by atoms with van der Waals surface area (Å²) in [5.74, 6) is 0. The van der Waals surface area contributed by atoms with E-state index in [2.05, 4.69) is 42.7 Å². The molecule has 1 aromatic rings. The van der Waals surface area contributed by atoms with Gasteiger partial charge in [0, 0.05) is 12.6 Å². The van der Waals surface area contributed by atoms with E-state index in [1.54, 1.807) is 0 Å². The van der Waals surface area contributed by atoms with Crippen molar-refractivity contribution in [3.05, 3.63) is 35.9 Å². The second kappa shape index (κ2) is 6.77. The van der Waals surface area contributed by atoms with Gasteiger partial charge in [-0.05, 0) is 44.7 Å². The summed E-state index contributed by atoms with van der Waals surface area (Å²) < 4.78 is 5.81. The Morgan fingerprint density at radius 1 is 1.29 bits per heavy atom. The van der Waals surface area contributed by atoms with Crippen LogP contribution in [-0.4, -0.2) is 25.8 Å². The van der Waals surface area contributed by atoms with Crippen LogP contribution >= 0.6 is 0 Å². The Balaban J connectivity index is 1.83. The number of benzene rings is 1. The highest BCUT2D eigenvalue weighted by molar-refractivity contribution is 5.15. The van der Waals surface area contributed by atoms with Crippen molar-refractivity contribution in [3.63, 3.8) is 0 Å². The molecule has 2 heteroatoms. The lowest BCUT2D eigenvalue weighted by atomic mass is 9.97. The van der Waals surface area contributed by atoms with Crippen molar-refractivity contribution in [3.8, 4) is 0 Å². The molecule has 0 bridgehead atoms. The molecule has 1 aliphatic rings.